The molecule has 1 aromatic carbocycles. The molecule has 0 radical (unpaired) electrons. The van der Waals surface area contributed by atoms with Crippen molar-refractivity contribution in [3.63, 3.8) is 0 Å². The number of nitrogens with zero attached hydrogens (tertiary/aromatic N) is 1. The van der Waals surface area contributed by atoms with E-state index in [2.05, 4.69) is 10.3 Å². The fraction of sp³-hybridized carbons (Fsp3) is 0. The number of nitrogen functional groups attached to an aromatic ring is 1. The number of nitrogens with two attached hydrogens (primary N) is 1. The highest BCUT2D eigenvalue weighted by Crippen LogP contribution is 2.23. The van der Waals surface area contributed by atoms with Crippen molar-refractivity contribution < 1.29 is 9.90 Å². The molecule has 0 bridgehead atoms. The molecule has 6 heteroatoms. The van der Waals surface area contributed by atoms with Gasteiger partial charge in [0.15, 0.2) is 0 Å². The Hall–Kier alpha value is -2.27. The third-order valence-electron chi connectivity index (χ3n) is 2.26. The lowest BCUT2D eigenvalue weighted by Crippen LogP contribution is -1.99. The number of carboxylic acid groups (broad SMARTS) is 1. The quantitative estimate of drug-likeness (QED) is 0.792. The molecule has 0 unspecified atom stereocenters. The van der Waals surface area contributed by atoms with E-state index in [4.69, 9.17) is 22.4 Å². The number of nitrogens with one attached hydrogen (secondary N) is 1. The number of hydrogen-bond acceptors (Lipinski definition) is 4. The number of anilines is 3. The maximum Gasteiger partial charge on any atom is 0.337 e. The molecule has 0 atom stereocenters. The summed E-state index contributed by atoms with van der Waals surface area (Å²) >= 11 is 5.85. The van der Waals surface area contributed by atoms with Crippen LogP contribution in [0.2, 0.25) is 5.02 Å². The van der Waals surface area contributed by atoms with Crippen LogP contribution in [-0.2, 0) is 0 Å². The van der Waals surface area contributed by atoms with Gasteiger partial charge in [0.2, 0.25) is 0 Å². The van der Waals surface area contributed by atoms with Crippen LogP contribution in [0.25, 0.3) is 0 Å². The zero-order valence-corrected chi connectivity index (χ0v) is 9.98. The Morgan fingerprint density at radius 3 is 2.67 bits per heavy atom. The van der Waals surface area contributed by atoms with E-state index in [1.807, 2.05) is 0 Å². The predicted molar refractivity (Wildman–Crippen MR) is 70.3 cm³/mol. The lowest BCUT2D eigenvalue weighted by atomic mass is 10.2. The molecule has 0 aliphatic carbocycles. The van der Waals surface area contributed by atoms with Gasteiger partial charge in [-0.15, -0.1) is 0 Å². The molecule has 0 fully saturated rings. The number of halogens is 1. The zero-order valence-electron chi connectivity index (χ0n) is 9.22. The second-order valence-corrected chi connectivity index (χ2v) is 4.01. The second-order valence-electron chi connectivity index (χ2n) is 3.60. The molecule has 0 saturated carbocycles. The third-order valence-corrected chi connectivity index (χ3v) is 2.57. The van der Waals surface area contributed by atoms with Gasteiger partial charge in [0.05, 0.1) is 22.5 Å². The molecule has 4 N–H and O–H groups in total. The largest absolute Gasteiger partial charge is 0.478 e. The van der Waals surface area contributed by atoms with E-state index in [9.17, 15) is 4.79 Å². The van der Waals surface area contributed by atoms with Gasteiger partial charge in [-0.05, 0) is 30.3 Å². The Labute approximate surface area is 108 Å². The Bertz CT molecular complexity index is 584. The van der Waals surface area contributed by atoms with Crippen LogP contribution < -0.4 is 11.1 Å². The minimum Gasteiger partial charge on any atom is -0.478 e. The molecule has 0 spiro atoms. The van der Waals surface area contributed by atoms with Crippen molar-refractivity contribution in [3.05, 3.63) is 47.1 Å². The topological polar surface area (TPSA) is 88.2 Å². The molecular weight excluding hydrogens is 254 g/mol. The number of rotatable bonds is 3. The lowest BCUT2D eigenvalue weighted by Gasteiger charge is -2.07. The van der Waals surface area contributed by atoms with E-state index in [-0.39, 0.29) is 10.6 Å². The van der Waals surface area contributed by atoms with Gasteiger partial charge in [0.1, 0.15) is 5.82 Å². The summed E-state index contributed by atoms with van der Waals surface area (Å²) in [6, 6.07) is 8.01. The van der Waals surface area contributed by atoms with Crippen LogP contribution in [0.15, 0.2) is 36.5 Å². The minimum atomic E-state index is -1.06. The normalized spacial score (nSPS) is 10.1. The summed E-state index contributed by atoms with van der Waals surface area (Å²) in [5, 5.41) is 12.0. The van der Waals surface area contributed by atoms with Gasteiger partial charge < -0.3 is 16.2 Å². The number of aromatic nitrogens is 1. The van der Waals surface area contributed by atoms with E-state index in [1.165, 1.54) is 18.3 Å². The summed E-state index contributed by atoms with van der Waals surface area (Å²) in [5.41, 5.74) is 6.81. The second kappa shape index (κ2) is 4.93. The summed E-state index contributed by atoms with van der Waals surface area (Å²) in [5.74, 6) is -0.458. The Morgan fingerprint density at radius 2 is 2.11 bits per heavy atom. The van der Waals surface area contributed by atoms with Gasteiger partial charge >= 0.3 is 5.97 Å². The summed E-state index contributed by atoms with van der Waals surface area (Å²) in [7, 11) is 0. The molecule has 2 rings (SSSR count). The van der Waals surface area contributed by atoms with Gasteiger partial charge in [-0.1, -0.05) is 11.6 Å². The summed E-state index contributed by atoms with van der Waals surface area (Å²) in [6.45, 7) is 0. The van der Waals surface area contributed by atoms with Crippen molar-refractivity contribution in [1.82, 2.24) is 4.98 Å². The monoisotopic (exact) mass is 263 g/mol. The van der Waals surface area contributed by atoms with Crippen LogP contribution in [0.3, 0.4) is 0 Å². The highest BCUT2D eigenvalue weighted by atomic mass is 35.5. The maximum atomic E-state index is 10.8. The van der Waals surface area contributed by atoms with Gasteiger partial charge in [-0.2, -0.15) is 0 Å². The Morgan fingerprint density at radius 1 is 1.33 bits per heavy atom. The first-order valence-corrected chi connectivity index (χ1v) is 5.45. The number of benzene rings is 1. The molecule has 0 aliphatic heterocycles. The van der Waals surface area contributed by atoms with Crippen molar-refractivity contribution in [2.45, 2.75) is 0 Å². The lowest BCUT2D eigenvalue weighted by molar-refractivity contribution is 0.0697. The average molecular weight is 264 g/mol. The Balaban J connectivity index is 2.22. The number of carbonyl (C=O) groups is 1. The fourth-order valence-electron chi connectivity index (χ4n) is 1.39. The first kappa shape index (κ1) is 12.2. The summed E-state index contributed by atoms with van der Waals surface area (Å²) < 4.78 is 0. The fourth-order valence-corrected chi connectivity index (χ4v) is 1.65. The maximum absolute atomic E-state index is 10.8. The van der Waals surface area contributed by atoms with Crippen molar-refractivity contribution in [3.8, 4) is 0 Å². The molecule has 5 nitrogen and oxygen atoms in total. The first-order valence-electron chi connectivity index (χ1n) is 5.07. The number of hydrogen-bond donors (Lipinski definition) is 3. The van der Waals surface area contributed by atoms with Gasteiger partial charge in [0.25, 0.3) is 0 Å². The van der Waals surface area contributed by atoms with E-state index >= 15 is 0 Å². The minimum absolute atomic E-state index is 0.0625. The average Bonchev–Trinajstić information content (AvgIpc) is 2.32. The van der Waals surface area contributed by atoms with E-state index in [0.717, 1.165) is 0 Å². The van der Waals surface area contributed by atoms with Crippen molar-refractivity contribution >= 4 is 34.8 Å². The molecule has 2 aromatic rings. The number of aromatic carboxylic acids is 1. The smallest absolute Gasteiger partial charge is 0.337 e. The van der Waals surface area contributed by atoms with Crippen LogP contribution in [0.4, 0.5) is 17.2 Å². The zero-order chi connectivity index (χ0) is 13.1. The van der Waals surface area contributed by atoms with Crippen LogP contribution in [0.1, 0.15) is 10.4 Å². The highest BCUT2D eigenvalue weighted by molar-refractivity contribution is 6.33. The highest BCUT2D eigenvalue weighted by Gasteiger charge is 2.08. The molecule has 1 heterocycles. The molecule has 0 saturated heterocycles. The van der Waals surface area contributed by atoms with Crippen molar-refractivity contribution in [2.75, 3.05) is 11.1 Å². The van der Waals surface area contributed by atoms with E-state index < -0.39 is 5.97 Å². The van der Waals surface area contributed by atoms with Gasteiger partial charge in [-0.25, -0.2) is 9.78 Å². The van der Waals surface area contributed by atoms with Crippen LogP contribution in [0.5, 0.6) is 0 Å². The number of pyridine rings is 1. The van der Waals surface area contributed by atoms with Crippen molar-refractivity contribution in [1.29, 1.82) is 0 Å². The molecule has 0 aliphatic rings. The molecular formula is C12H10ClN3O2. The van der Waals surface area contributed by atoms with E-state index in [1.54, 1.807) is 18.2 Å². The summed E-state index contributed by atoms with van der Waals surface area (Å²) in [6.07, 6.45) is 1.52. The van der Waals surface area contributed by atoms with Crippen LogP contribution in [0, 0.1) is 0 Å². The molecule has 18 heavy (non-hydrogen) atoms. The van der Waals surface area contributed by atoms with Gasteiger partial charge in [0, 0.05) is 5.69 Å². The molecule has 92 valence electrons. The molecule has 1 aromatic heterocycles. The first-order chi connectivity index (χ1) is 8.56. The standard InChI is InChI=1S/C12H10ClN3O2/c13-10-5-8(2-3-9(10)12(17)18)16-11-4-1-7(14)6-15-11/h1-6H,14H2,(H,15,16)(H,17,18). The predicted octanol–water partition coefficient (Wildman–Crippen LogP) is 2.76. The van der Waals surface area contributed by atoms with Crippen LogP contribution in [-0.4, -0.2) is 16.1 Å². The van der Waals surface area contributed by atoms with Crippen LogP contribution >= 0.6 is 11.6 Å². The number of carboxylic acids is 1. The Kier molecular flexibility index (Phi) is 3.34. The summed E-state index contributed by atoms with van der Waals surface area (Å²) in [4.78, 5) is 14.9. The third kappa shape index (κ3) is 2.70. The molecule has 0 amide bonds. The van der Waals surface area contributed by atoms with Gasteiger partial charge in [-0.3, -0.25) is 0 Å². The SMILES string of the molecule is Nc1ccc(Nc2ccc(C(=O)O)c(Cl)c2)nc1. The van der Waals surface area contributed by atoms with E-state index in [0.29, 0.717) is 17.2 Å². The van der Waals surface area contributed by atoms with Crippen molar-refractivity contribution in [2.24, 2.45) is 0 Å².